The van der Waals surface area contributed by atoms with Crippen LogP contribution in [-0.2, 0) is 21.2 Å². The molecule has 0 aromatic heterocycles. The molecule has 1 amide bonds. The van der Waals surface area contributed by atoms with Crippen LogP contribution < -0.4 is 11.1 Å². The summed E-state index contributed by atoms with van der Waals surface area (Å²) >= 11 is 0. The molecule has 0 bridgehead atoms. The number of nitrogens with two attached hydrogens (primary N) is 1. The molecule has 0 aliphatic carbocycles. The molecule has 1 aromatic rings. The maximum Gasteiger partial charge on any atom is 0.237 e. The average molecular weight is 270 g/mol. The number of nitrogens with one attached hydrogen (secondary N) is 1. The number of amides is 1. The second kappa shape index (κ2) is 5.97. The number of benzene rings is 1. The van der Waals surface area contributed by atoms with Crippen molar-refractivity contribution in [1.82, 2.24) is 5.32 Å². The highest BCUT2D eigenvalue weighted by Crippen LogP contribution is 2.10. The first-order valence-corrected chi connectivity index (χ1v) is 7.56. The lowest BCUT2D eigenvalue weighted by Gasteiger charge is -2.10. The summed E-state index contributed by atoms with van der Waals surface area (Å²) in [6, 6.07) is 5.90. The summed E-state index contributed by atoms with van der Waals surface area (Å²) in [5, 5.41) is 2.69. The first-order valence-electron chi connectivity index (χ1n) is 5.67. The lowest BCUT2D eigenvalue weighted by atomic mass is 10.2. The van der Waals surface area contributed by atoms with Gasteiger partial charge in [0.15, 0.2) is 9.84 Å². The third-order valence-electron chi connectivity index (χ3n) is 2.59. The molecule has 0 aliphatic heterocycles. The van der Waals surface area contributed by atoms with Gasteiger partial charge in [-0.25, -0.2) is 8.42 Å². The molecule has 5 nitrogen and oxygen atoms in total. The normalized spacial score (nSPS) is 13.1. The van der Waals surface area contributed by atoms with Crippen LogP contribution in [0.2, 0.25) is 0 Å². The van der Waals surface area contributed by atoms with Gasteiger partial charge in [-0.1, -0.05) is 19.1 Å². The molecule has 0 fully saturated rings. The number of sulfone groups is 1. The van der Waals surface area contributed by atoms with Crippen LogP contribution >= 0.6 is 0 Å². The molecule has 0 heterocycles. The number of carbonyl (C=O) groups is 1. The van der Waals surface area contributed by atoms with Crippen LogP contribution in [0.1, 0.15) is 18.9 Å². The fourth-order valence-electron chi connectivity index (χ4n) is 1.36. The van der Waals surface area contributed by atoms with E-state index < -0.39 is 15.9 Å². The van der Waals surface area contributed by atoms with Gasteiger partial charge in [0.1, 0.15) is 0 Å². The zero-order valence-electron chi connectivity index (χ0n) is 10.5. The summed E-state index contributed by atoms with van der Waals surface area (Å²) < 4.78 is 22.5. The van der Waals surface area contributed by atoms with Crippen molar-refractivity contribution in [1.29, 1.82) is 0 Å². The summed E-state index contributed by atoms with van der Waals surface area (Å²) in [6.45, 7) is 2.18. The lowest BCUT2D eigenvalue weighted by Crippen LogP contribution is -2.39. The molecule has 100 valence electrons. The molecule has 0 saturated carbocycles. The van der Waals surface area contributed by atoms with Crippen molar-refractivity contribution < 1.29 is 13.2 Å². The Morgan fingerprint density at radius 2 is 1.89 bits per heavy atom. The minimum Gasteiger partial charge on any atom is -0.351 e. The second-order valence-electron chi connectivity index (χ2n) is 4.15. The van der Waals surface area contributed by atoms with E-state index in [1.807, 2.05) is 6.92 Å². The molecule has 1 atom stereocenters. The highest BCUT2D eigenvalue weighted by molar-refractivity contribution is 7.90. The number of hydrogen-bond acceptors (Lipinski definition) is 4. The Labute approximate surface area is 107 Å². The molecule has 0 aliphatic rings. The number of hydrogen-bond donors (Lipinski definition) is 2. The van der Waals surface area contributed by atoms with Crippen molar-refractivity contribution in [2.45, 2.75) is 30.8 Å². The minimum atomic E-state index is -3.18. The first kappa shape index (κ1) is 14.7. The lowest BCUT2D eigenvalue weighted by molar-refractivity contribution is -0.122. The highest BCUT2D eigenvalue weighted by atomic mass is 32.2. The molecule has 18 heavy (non-hydrogen) atoms. The summed E-state index contributed by atoms with van der Waals surface area (Å²) in [4.78, 5) is 11.7. The van der Waals surface area contributed by atoms with Gasteiger partial charge in [0, 0.05) is 12.8 Å². The minimum absolute atomic E-state index is 0.204. The molecule has 0 saturated heterocycles. The monoisotopic (exact) mass is 270 g/mol. The van der Waals surface area contributed by atoms with E-state index >= 15 is 0 Å². The molecule has 0 unspecified atom stereocenters. The van der Waals surface area contributed by atoms with E-state index in [-0.39, 0.29) is 10.8 Å². The summed E-state index contributed by atoms with van der Waals surface area (Å²) in [5.41, 5.74) is 6.40. The number of rotatable bonds is 5. The van der Waals surface area contributed by atoms with Crippen LogP contribution in [0, 0.1) is 0 Å². The molecule has 6 heteroatoms. The molecule has 1 aromatic carbocycles. The predicted octanol–water partition coefficient (Wildman–Crippen LogP) is 0.444. The van der Waals surface area contributed by atoms with Crippen molar-refractivity contribution in [2.24, 2.45) is 5.73 Å². The van der Waals surface area contributed by atoms with Gasteiger partial charge in [-0.15, -0.1) is 0 Å². The second-order valence-corrected chi connectivity index (χ2v) is 6.16. The first-order chi connectivity index (χ1) is 8.34. The summed E-state index contributed by atoms with van der Waals surface area (Å²) in [6.07, 6.45) is 1.74. The van der Waals surface area contributed by atoms with Gasteiger partial charge in [0.05, 0.1) is 10.9 Å². The van der Waals surface area contributed by atoms with Gasteiger partial charge in [0.25, 0.3) is 0 Å². The predicted molar refractivity (Wildman–Crippen MR) is 69.7 cm³/mol. The van der Waals surface area contributed by atoms with Crippen LogP contribution in [-0.4, -0.2) is 26.6 Å². The Bertz CT molecular complexity index is 509. The molecule has 3 N–H and O–H groups in total. The van der Waals surface area contributed by atoms with Crippen molar-refractivity contribution in [3.63, 3.8) is 0 Å². The quantitative estimate of drug-likeness (QED) is 0.812. The molecule has 1 rings (SSSR count). The zero-order valence-corrected chi connectivity index (χ0v) is 11.3. The SMILES string of the molecule is CC[C@@H](N)C(=O)NCc1ccc(S(C)(=O)=O)cc1. The van der Waals surface area contributed by atoms with Crippen molar-refractivity contribution in [3.8, 4) is 0 Å². The van der Waals surface area contributed by atoms with E-state index in [2.05, 4.69) is 5.32 Å². The fraction of sp³-hybridized carbons (Fsp3) is 0.417. The van der Waals surface area contributed by atoms with E-state index in [9.17, 15) is 13.2 Å². The summed E-state index contributed by atoms with van der Waals surface area (Å²) in [7, 11) is -3.18. The zero-order chi connectivity index (χ0) is 13.8. The van der Waals surface area contributed by atoms with Crippen molar-refractivity contribution in [2.75, 3.05) is 6.26 Å². The van der Waals surface area contributed by atoms with Gasteiger partial charge < -0.3 is 11.1 Å². The van der Waals surface area contributed by atoms with Gasteiger partial charge in [0.2, 0.25) is 5.91 Å². The molecular weight excluding hydrogens is 252 g/mol. The van der Waals surface area contributed by atoms with Crippen LogP contribution in [0.25, 0.3) is 0 Å². The summed E-state index contributed by atoms with van der Waals surface area (Å²) in [5.74, 6) is -0.204. The van der Waals surface area contributed by atoms with Crippen LogP contribution in [0.5, 0.6) is 0 Å². The highest BCUT2D eigenvalue weighted by Gasteiger charge is 2.10. The Hall–Kier alpha value is -1.40. The Morgan fingerprint density at radius 3 is 2.33 bits per heavy atom. The Morgan fingerprint density at radius 1 is 1.33 bits per heavy atom. The third-order valence-corrected chi connectivity index (χ3v) is 3.72. The Kier molecular flexibility index (Phi) is 4.86. The smallest absolute Gasteiger partial charge is 0.237 e. The largest absolute Gasteiger partial charge is 0.351 e. The van der Waals surface area contributed by atoms with E-state index in [4.69, 9.17) is 5.73 Å². The van der Waals surface area contributed by atoms with Gasteiger partial charge in [-0.3, -0.25) is 4.79 Å². The van der Waals surface area contributed by atoms with E-state index in [1.54, 1.807) is 12.1 Å². The topological polar surface area (TPSA) is 89.3 Å². The van der Waals surface area contributed by atoms with E-state index in [1.165, 1.54) is 12.1 Å². The van der Waals surface area contributed by atoms with E-state index in [0.717, 1.165) is 11.8 Å². The van der Waals surface area contributed by atoms with Gasteiger partial charge in [-0.2, -0.15) is 0 Å². The Balaban J connectivity index is 2.63. The van der Waals surface area contributed by atoms with Crippen molar-refractivity contribution in [3.05, 3.63) is 29.8 Å². The van der Waals surface area contributed by atoms with E-state index in [0.29, 0.717) is 13.0 Å². The average Bonchev–Trinajstić information content (AvgIpc) is 2.34. The fourth-order valence-corrected chi connectivity index (χ4v) is 1.99. The maximum absolute atomic E-state index is 11.4. The van der Waals surface area contributed by atoms with Crippen LogP contribution in [0.4, 0.5) is 0 Å². The maximum atomic E-state index is 11.4. The van der Waals surface area contributed by atoms with Gasteiger partial charge in [-0.05, 0) is 24.1 Å². The third kappa shape index (κ3) is 4.12. The number of carbonyl (C=O) groups excluding carboxylic acids is 1. The van der Waals surface area contributed by atoms with Crippen LogP contribution in [0.3, 0.4) is 0 Å². The molecule has 0 spiro atoms. The molecule has 0 radical (unpaired) electrons. The van der Waals surface area contributed by atoms with Crippen molar-refractivity contribution >= 4 is 15.7 Å². The van der Waals surface area contributed by atoms with Gasteiger partial charge >= 0.3 is 0 Å². The molecular formula is C12H18N2O3S. The standard InChI is InChI=1S/C12H18N2O3S/c1-3-11(13)12(15)14-8-9-4-6-10(7-5-9)18(2,16)17/h4-7,11H,3,8,13H2,1-2H3,(H,14,15)/t11-/m1/s1. The van der Waals surface area contributed by atoms with Crippen LogP contribution in [0.15, 0.2) is 29.2 Å².